The van der Waals surface area contributed by atoms with Gasteiger partial charge in [0.2, 0.25) is 0 Å². The molecule has 1 aromatic rings. The Bertz CT molecular complexity index is 401. The van der Waals surface area contributed by atoms with Crippen LogP contribution in [0.2, 0.25) is 0 Å². The molecular weight excluding hydrogens is 202 g/mol. The minimum absolute atomic E-state index is 0.0846. The monoisotopic (exact) mass is 211 g/mol. The van der Waals surface area contributed by atoms with E-state index >= 15 is 0 Å². The number of nitro benzene ring substituents is 1. The van der Waals surface area contributed by atoms with Gasteiger partial charge in [0.15, 0.2) is 0 Å². The Labute approximate surface area is 85.2 Å². The summed E-state index contributed by atoms with van der Waals surface area (Å²) in [4.78, 5) is 21.0. The first-order valence-electron chi connectivity index (χ1n) is 4.06. The molecule has 0 amide bonds. The zero-order valence-electron chi connectivity index (χ0n) is 7.97. The molecule has 0 heterocycles. The molecule has 0 radical (unpaired) electrons. The fourth-order valence-corrected chi connectivity index (χ4v) is 1.11. The Morgan fingerprint density at radius 1 is 1.60 bits per heavy atom. The van der Waals surface area contributed by atoms with E-state index in [1.807, 2.05) is 0 Å². The maximum absolute atomic E-state index is 11.1. The first-order chi connectivity index (χ1) is 7.10. The molecule has 15 heavy (non-hydrogen) atoms. The SMILES string of the molecule is COC(=O)c1ccc(CO)c([N+](=O)[O-])c1. The van der Waals surface area contributed by atoms with Crippen LogP contribution < -0.4 is 0 Å². The van der Waals surface area contributed by atoms with Gasteiger partial charge in [0.05, 0.1) is 29.8 Å². The van der Waals surface area contributed by atoms with Crippen molar-refractivity contribution >= 4 is 11.7 Å². The molecule has 1 aromatic carbocycles. The van der Waals surface area contributed by atoms with E-state index in [1.165, 1.54) is 19.2 Å². The number of hydrogen-bond donors (Lipinski definition) is 1. The van der Waals surface area contributed by atoms with E-state index in [4.69, 9.17) is 5.11 Å². The third-order valence-electron chi connectivity index (χ3n) is 1.87. The van der Waals surface area contributed by atoms with Gasteiger partial charge in [0.1, 0.15) is 0 Å². The Balaban J connectivity index is 3.22. The summed E-state index contributed by atoms with van der Waals surface area (Å²) in [5.41, 5.74) is -0.0468. The summed E-state index contributed by atoms with van der Waals surface area (Å²) in [6, 6.07) is 3.77. The number of hydrogen-bond acceptors (Lipinski definition) is 5. The first kappa shape index (κ1) is 11.1. The van der Waals surface area contributed by atoms with Crippen LogP contribution in [0, 0.1) is 10.1 Å². The molecule has 0 unspecified atom stereocenters. The van der Waals surface area contributed by atoms with Gasteiger partial charge in [-0.05, 0) is 12.1 Å². The molecule has 80 valence electrons. The highest BCUT2D eigenvalue weighted by Gasteiger charge is 2.16. The number of carbonyl (C=O) groups excluding carboxylic acids is 1. The fraction of sp³-hybridized carbons (Fsp3) is 0.222. The van der Waals surface area contributed by atoms with E-state index in [0.29, 0.717) is 0 Å². The third-order valence-corrected chi connectivity index (χ3v) is 1.87. The first-order valence-corrected chi connectivity index (χ1v) is 4.06. The second kappa shape index (κ2) is 4.52. The van der Waals surface area contributed by atoms with Gasteiger partial charge in [-0.15, -0.1) is 0 Å². The molecule has 1 rings (SSSR count). The normalized spacial score (nSPS) is 9.73. The molecule has 0 aliphatic rings. The second-order valence-electron chi connectivity index (χ2n) is 2.75. The van der Waals surface area contributed by atoms with Crippen LogP contribution in [0.25, 0.3) is 0 Å². The maximum Gasteiger partial charge on any atom is 0.338 e. The third kappa shape index (κ3) is 2.29. The summed E-state index contributed by atoms with van der Waals surface area (Å²) in [5, 5.41) is 19.4. The largest absolute Gasteiger partial charge is 0.465 e. The number of benzene rings is 1. The molecular formula is C9H9NO5. The van der Waals surface area contributed by atoms with Crippen LogP contribution in [-0.4, -0.2) is 23.1 Å². The lowest BCUT2D eigenvalue weighted by Crippen LogP contribution is -2.03. The zero-order chi connectivity index (χ0) is 11.4. The van der Waals surface area contributed by atoms with Crippen LogP contribution in [-0.2, 0) is 11.3 Å². The predicted octanol–water partition coefficient (Wildman–Crippen LogP) is 0.874. The molecule has 1 N–H and O–H groups in total. The van der Waals surface area contributed by atoms with Gasteiger partial charge < -0.3 is 9.84 Å². The van der Waals surface area contributed by atoms with Crippen LogP contribution >= 0.6 is 0 Å². The van der Waals surface area contributed by atoms with Crippen molar-refractivity contribution in [1.29, 1.82) is 0 Å². The summed E-state index contributed by atoms with van der Waals surface area (Å²) in [6.07, 6.45) is 0. The van der Waals surface area contributed by atoms with Gasteiger partial charge in [-0.1, -0.05) is 0 Å². The molecule has 0 saturated carbocycles. The van der Waals surface area contributed by atoms with E-state index in [2.05, 4.69) is 4.74 Å². The van der Waals surface area contributed by atoms with Crippen molar-refractivity contribution in [3.8, 4) is 0 Å². The van der Waals surface area contributed by atoms with Gasteiger partial charge in [-0.2, -0.15) is 0 Å². The summed E-state index contributed by atoms with van der Waals surface area (Å²) in [7, 11) is 1.19. The molecule has 0 fully saturated rings. The lowest BCUT2D eigenvalue weighted by Gasteiger charge is -2.02. The van der Waals surface area contributed by atoms with Crippen molar-refractivity contribution in [2.75, 3.05) is 7.11 Å². The quantitative estimate of drug-likeness (QED) is 0.455. The molecule has 0 aromatic heterocycles. The van der Waals surface area contributed by atoms with Crippen molar-refractivity contribution < 1.29 is 19.6 Å². The number of esters is 1. The van der Waals surface area contributed by atoms with Gasteiger partial charge in [0.25, 0.3) is 5.69 Å². The Morgan fingerprint density at radius 2 is 2.27 bits per heavy atom. The number of nitrogens with zero attached hydrogens (tertiary/aromatic N) is 1. The average Bonchev–Trinajstić information content (AvgIpc) is 2.27. The van der Waals surface area contributed by atoms with Crippen LogP contribution in [0.5, 0.6) is 0 Å². The van der Waals surface area contributed by atoms with Crippen LogP contribution in [0.3, 0.4) is 0 Å². The molecule has 0 atom stereocenters. The minimum atomic E-state index is -0.655. The summed E-state index contributed by atoms with van der Waals surface area (Å²) >= 11 is 0. The highest BCUT2D eigenvalue weighted by molar-refractivity contribution is 5.90. The molecule has 0 saturated heterocycles. The predicted molar refractivity (Wildman–Crippen MR) is 50.4 cm³/mol. The number of aliphatic hydroxyl groups excluding tert-OH is 1. The molecule has 0 bridgehead atoms. The van der Waals surface area contributed by atoms with Crippen LogP contribution in [0.15, 0.2) is 18.2 Å². The van der Waals surface area contributed by atoms with Gasteiger partial charge in [-0.3, -0.25) is 10.1 Å². The molecule has 0 spiro atoms. The standard InChI is InChI=1S/C9H9NO5/c1-15-9(12)6-2-3-7(5-11)8(4-6)10(13)14/h2-4,11H,5H2,1H3. The number of ether oxygens (including phenoxy) is 1. The van der Waals surface area contributed by atoms with E-state index in [1.54, 1.807) is 0 Å². The lowest BCUT2D eigenvalue weighted by atomic mass is 10.1. The zero-order valence-corrected chi connectivity index (χ0v) is 7.97. The number of nitro groups is 1. The van der Waals surface area contributed by atoms with Crippen molar-refractivity contribution in [3.05, 3.63) is 39.4 Å². The topological polar surface area (TPSA) is 89.7 Å². The highest BCUT2D eigenvalue weighted by Crippen LogP contribution is 2.20. The number of aliphatic hydroxyl groups is 1. The summed E-state index contributed by atoms with van der Waals surface area (Å²) in [5.74, 6) is -0.650. The Hall–Kier alpha value is -1.95. The van der Waals surface area contributed by atoms with Gasteiger partial charge >= 0.3 is 5.97 Å². The van der Waals surface area contributed by atoms with E-state index in [9.17, 15) is 14.9 Å². The van der Waals surface area contributed by atoms with Crippen LogP contribution in [0.1, 0.15) is 15.9 Å². The smallest absolute Gasteiger partial charge is 0.338 e. The summed E-state index contributed by atoms with van der Waals surface area (Å²) < 4.78 is 4.42. The Morgan fingerprint density at radius 3 is 2.73 bits per heavy atom. The minimum Gasteiger partial charge on any atom is -0.465 e. The van der Waals surface area contributed by atoms with Crippen molar-refractivity contribution in [3.63, 3.8) is 0 Å². The van der Waals surface area contributed by atoms with Gasteiger partial charge in [-0.25, -0.2) is 4.79 Å². The molecule has 0 aliphatic heterocycles. The summed E-state index contributed by atoms with van der Waals surface area (Å²) in [6.45, 7) is -0.447. The molecule has 6 nitrogen and oxygen atoms in total. The second-order valence-corrected chi connectivity index (χ2v) is 2.75. The lowest BCUT2D eigenvalue weighted by molar-refractivity contribution is -0.385. The highest BCUT2D eigenvalue weighted by atomic mass is 16.6. The van der Waals surface area contributed by atoms with E-state index in [-0.39, 0.29) is 16.8 Å². The molecule has 0 aliphatic carbocycles. The van der Waals surface area contributed by atoms with E-state index in [0.717, 1.165) is 6.07 Å². The number of methoxy groups -OCH3 is 1. The Kier molecular flexibility index (Phi) is 3.35. The van der Waals surface area contributed by atoms with Crippen molar-refractivity contribution in [1.82, 2.24) is 0 Å². The van der Waals surface area contributed by atoms with Gasteiger partial charge in [0, 0.05) is 6.07 Å². The maximum atomic E-state index is 11.1. The molecule has 6 heteroatoms. The van der Waals surface area contributed by atoms with Crippen molar-refractivity contribution in [2.24, 2.45) is 0 Å². The number of carbonyl (C=O) groups is 1. The fourth-order valence-electron chi connectivity index (χ4n) is 1.11. The van der Waals surface area contributed by atoms with Crippen LogP contribution in [0.4, 0.5) is 5.69 Å². The number of rotatable bonds is 3. The van der Waals surface area contributed by atoms with Crippen molar-refractivity contribution in [2.45, 2.75) is 6.61 Å². The average molecular weight is 211 g/mol. The van der Waals surface area contributed by atoms with E-state index < -0.39 is 17.5 Å².